The second-order valence-corrected chi connectivity index (χ2v) is 5.63. The molecule has 0 aromatic heterocycles. The molecule has 1 saturated carbocycles. The van der Waals surface area contributed by atoms with Crippen molar-refractivity contribution in [2.75, 3.05) is 20.3 Å². The van der Waals surface area contributed by atoms with Gasteiger partial charge < -0.3 is 15.2 Å². The van der Waals surface area contributed by atoms with Crippen molar-refractivity contribution in [2.45, 2.75) is 44.8 Å². The van der Waals surface area contributed by atoms with Crippen LogP contribution in [-0.2, 0) is 9.47 Å². The van der Waals surface area contributed by atoms with E-state index in [9.17, 15) is 0 Å². The zero-order chi connectivity index (χ0) is 11.1. The first-order chi connectivity index (χ1) is 7.04. The molecule has 0 aromatic rings. The number of rotatable bonds is 3. The first kappa shape index (κ1) is 11.4. The SMILES string of the molecule is COCC1(C2C(N)C2(C)C)CCCCO1. The van der Waals surface area contributed by atoms with E-state index in [1.54, 1.807) is 7.11 Å². The number of methoxy groups -OCH3 is 1. The maximum absolute atomic E-state index is 6.16. The Balaban J connectivity index is 2.13. The molecule has 2 rings (SSSR count). The predicted octanol–water partition coefficient (Wildman–Crippen LogP) is 1.56. The topological polar surface area (TPSA) is 44.5 Å². The van der Waals surface area contributed by atoms with Crippen LogP contribution in [0.5, 0.6) is 0 Å². The summed E-state index contributed by atoms with van der Waals surface area (Å²) in [4.78, 5) is 0. The summed E-state index contributed by atoms with van der Waals surface area (Å²) in [5.74, 6) is 0.463. The van der Waals surface area contributed by atoms with Crippen LogP contribution in [0.3, 0.4) is 0 Å². The largest absolute Gasteiger partial charge is 0.382 e. The third-order valence-corrected chi connectivity index (χ3v) is 4.25. The van der Waals surface area contributed by atoms with Crippen LogP contribution in [0, 0.1) is 11.3 Å². The number of nitrogens with two attached hydrogens (primary N) is 1. The van der Waals surface area contributed by atoms with Crippen molar-refractivity contribution in [3.63, 3.8) is 0 Å². The van der Waals surface area contributed by atoms with Crippen molar-refractivity contribution in [1.82, 2.24) is 0 Å². The van der Waals surface area contributed by atoms with Crippen LogP contribution in [0.1, 0.15) is 33.1 Å². The molecule has 1 heterocycles. The zero-order valence-electron chi connectivity index (χ0n) is 10.1. The molecule has 1 aliphatic carbocycles. The maximum Gasteiger partial charge on any atom is 0.0963 e. The third-order valence-electron chi connectivity index (χ3n) is 4.25. The van der Waals surface area contributed by atoms with E-state index >= 15 is 0 Å². The number of hydrogen-bond acceptors (Lipinski definition) is 3. The Morgan fingerprint density at radius 1 is 1.40 bits per heavy atom. The number of ether oxygens (including phenoxy) is 2. The van der Waals surface area contributed by atoms with E-state index in [0.29, 0.717) is 12.5 Å². The van der Waals surface area contributed by atoms with Crippen LogP contribution >= 0.6 is 0 Å². The van der Waals surface area contributed by atoms with Crippen LogP contribution in [-0.4, -0.2) is 32.0 Å². The molecule has 2 N–H and O–H groups in total. The van der Waals surface area contributed by atoms with Gasteiger partial charge in [0.15, 0.2) is 0 Å². The summed E-state index contributed by atoms with van der Waals surface area (Å²) in [5, 5.41) is 0. The second kappa shape index (κ2) is 3.72. The van der Waals surface area contributed by atoms with E-state index in [-0.39, 0.29) is 17.1 Å². The fourth-order valence-corrected chi connectivity index (χ4v) is 3.25. The summed E-state index contributed by atoms with van der Waals surface area (Å²) in [6.45, 7) is 6.02. The van der Waals surface area contributed by atoms with Gasteiger partial charge in [0, 0.05) is 25.7 Å². The molecule has 3 nitrogen and oxygen atoms in total. The summed E-state index contributed by atoms with van der Waals surface area (Å²) < 4.78 is 11.4. The van der Waals surface area contributed by atoms with Gasteiger partial charge in [0.2, 0.25) is 0 Å². The smallest absolute Gasteiger partial charge is 0.0963 e. The van der Waals surface area contributed by atoms with Crippen molar-refractivity contribution in [3.05, 3.63) is 0 Å². The summed E-state index contributed by atoms with van der Waals surface area (Å²) in [7, 11) is 1.75. The lowest BCUT2D eigenvalue weighted by Crippen LogP contribution is -2.45. The molecule has 3 heteroatoms. The lowest BCUT2D eigenvalue weighted by Gasteiger charge is -2.38. The van der Waals surface area contributed by atoms with Crippen molar-refractivity contribution >= 4 is 0 Å². The highest BCUT2D eigenvalue weighted by atomic mass is 16.5. The molecular weight excluding hydrogens is 190 g/mol. The maximum atomic E-state index is 6.16. The van der Waals surface area contributed by atoms with Crippen molar-refractivity contribution in [1.29, 1.82) is 0 Å². The van der Waals surface area contributed by atoms with Crippen LogP contribution < -0.4 is 5.73 Å². The van der Waals surface area contributed by atoms with Gasteiger partial charge in [0.25, 0.3) is 0 Å². The average Bonchev–Trinajstić information content (AvgIpc) is 2.68. The Labute approximate surface area is 92.3 Å². The molecule has 3 atom stereocenters. The molecule has 0 radical (unpaired) electrons. The molecule has 1 aliphatic heterocycles. The molecule has 0 amide bonds. The molecule has 2 fully saturated rings. The Morgan fingerprint density at radius 3 is 2.47 bits per heavy atom. The minimum atomic E-state index is -0.101. The van der Waals surface area contributed by atoms with Gasteiger partial charge in [-0.1, -0.05) is 13.8 Å². The second-order valence-electron chi connectivity index (χ2n) is 5.63. The van der Waals surface area contributed by atoms with Crippen LogP contribution in [0.25, 0.3) is 0 Å². The van der Waals surface area contributed by atoms with Crippen molar-refractivity contribution in [2.24, 2.45) is 17.1 Å². The van der Waals surface area contributed by atoms with Gasteiger partial charge in [0.05, 0.1) is 12.2 Å². The Hall–Kier alpha value is -0.120. The van der Waals surface area contributed by atoms with Crippen LogP contribution in [0.2, 0.25) is 0 Å². The zero-order valence-corrected chi connectivity index (χ0v) is 10.1. The lowest BCUT2D eigenvalue weighted by atomic mass is 9.86. The van der Waals surface area contributed by atoms with Gasteiger partial charge in [-0.25, -0.2) is 0 Å². The van der Waals surface area contributed by atoms with Gasteiger partial charge in [0.1, 0.15) is 0 Å². The minimum Gasteiger partial charge on any atom is -0.382 e. The van der Waals surface area contributed by atoms with Gasteiger partial charge in [-0.3, -0.25) is 0 Å². The highest BCUT2D eigenvalue weighted by molar-refractivity contribution is 5.18. The highest BCUT2D eigenvalue weighted by Crippen LogP contribution is 2.59. The minimum absolute atomic E-state index is 0.101. The molecular formula is C12H23NO2. The van der Waals surface area contributed by atoms with E-state index < -0.39 is 0 Å². The van der Waals surface area contributed by atoms with E-state index in [0.717, 1.165) is 13.0 Å². The van der Waals surface area contributed by atoms with Gasteiger partial charge >= 0.3 is 0 Å². The lowest BCUT2D eigenvalue weighted by molar-refractivity contribution is -0.135. The fraction of sp³-hybridized carbons (Fsp3) is 1.00. The first-order valence-corrected chi connectivity index (χ1v) is 5.93. The van der Waals surface area contributed by atoms with Crippen LogP contribution in [0.15, 0.2) is 0 Å². The standard InChI is InChI=1S/C12H23NO2/c1-11(2)9(10(11)13)12(8-14-3)6-4-5-7-15-12/h9-10H,4-8,13H2,1-3H3. The van der Waals surface area contributed by atoms with Crippen LogP contribution in [0.4, 0.5) is 0 Å². The molecule has 0 bridgehead atoms. The van der Waals surface area contributed by atoms with Gasteiger partial charge in [-0.05, 0) is 24.7 Å². The van der Waals surface area contributed by atoms with Gasteiger partial charge in [-0.15, -0.1) is 0 Å². The van der Waals surface area contributed by atoms with Gasteiger partial charge in [-0.2, -0.15) is 0 Å². The normalized spacial score (nSPS) is 44.0. The molecule has 0 aromatic carbocycles. The Bertz CT molecular complexity index is 228. The van der Waals surface area contributed by atoms with E-state index in [1.807, 2.05) is 0 Å². The predicted molar refractivity (Wildman–Crippen MR) is 59.7 cm³/mol. The molecule has 2 aliphatic rings. The molecule has 1 saturated heterocycles. The summed E-state index contributed by atoms with van der Waals surface area (Å²) in [6, 6.07) is 0.269. The fourth-order valence-electron chi connectivity index (χ4n) is 3.25. The summed E-state index contributed by atoms with van der Waals surface area (Å²) in [5.41, 5.74) is 6.27. The first-order valence-electron chi connectivity index (χ1n) is 5.93. The molecule has 3 unspecified atom stereocenters. The molecule has 15 heavy (non-hydrogen) atoms. The monoisotopic (exact) mass is 213 g/mol. The molecule has 88 valence electrons. The van der Waals surface area contributed by atoms with Crippen molar-refractivity contribution in [3.8, 4) is 0 Å². The van der Waals surface area contributed by atoms with E-state index in [1.165, 1.54) is 12.8 Å². The molecule has 0 spiro atoms. The van der Waals surface area contributed by atoms with Crippen molar-refractivity contribution < 1.29 is 9.47 Å². The Morgan fingerprint density at radius 2 is 2.07 bits per heavy atom. The quantitative estimate of drug-likeness (QED) is 0.773. The van der Waals surface area contributed by atoms with E-state index in [4.69, 9.17) is 15.2 Å². The highest BCUT2D eigenvalue weighted by Gasteiger charge is 2.65. The van der Waals surface area contributed by atoms with E-state index in [2.05, 4.69) is 13.8 Å². The summed E-state index contributed by atoms with van der Waals surface area (Å²) >= 11 is 0. The number of hydrogen-bond donors (Lipinski definition) is 1. The summed E-state index contributed by atoms with van der Waals surface area (Å²) in [6.07, 6.45) is 3.51. The Kier molecular flexibility index (Phi) is 2.82. The third kappa shape index (κ3) is 1.71. The average molecular weight is 213 g/mol.